The van der Waals surface area contributed by atoms with Gasteiger partial charge in [-0.1, -0.05) is 12.8 Å². The van der Waals surface area contributed by atoms with Crippen LogP contribution in [0, 0.1) is 5.92 Å². The minimum Gasteiger partial charge on any atom is -0.387 e. The predicted molar refractivity (Wildman–Crippen MR) is 71.5 cm³/mol. The van der Waals surface area contributed by atoms with Crippen molar-refractivity contribution in [2.45, 2.75) is 62.6 Å². The number of fused-ring (bicyclic) bond motifs is 6. The minimum absolute atomic E-state index is 0.392. The van der Waals surface area contributed by atoms with Gasteiger partial charge in [0.2, 0.25) is 0 Å². The Labute approximate surface area is 110 Å². The molecule has 2 bridgehead atoms. The lowest BCUT2D eigenvalue weighted by molar-refractivity contribution is -0.176. The van der Waals surface area contributed by atoms with E-state index in [4.69, 9.17) is 0 Å². The topological polar surface area (TPSA) is 26.7 Å². The Morgan fingerprint density at radius 3 is 2.61 bits per heavy atom. The van der Waals surface area contributed by atoms with Crippen LogP contribution in [0.15, 0.2) is 0 Å². The molecule has 3 nitrogen and oxygen atoms in total. The van der Waals surface area contributed by atoms with Crippen LogP contribution < -0.4 is 0 Å². The van der Waals surface area contributed by atoms with Crippen LogP contribution in [0.3, 0.4) is 0 Å². The monoisotopic (exact) mass is 250 g/mol. The van der Waals surface area contributed by atoms with Crippen molar-refractivity contribution in [1.82, 2.24) is 9.80 Å². The van der Waals surface area contributed by atoms with Gasteiger partial charge < -0.3 is 5.11 Å². The summed E-state index contributed by atoms with van der Waals surface area (Å²) in [5.41, 5.74) is -0.392. The summed E-state index contributed by atoms with van der Waals surface area (Å²) in [6, 6.07) is 1.24. The molecule has 18 heavy (non-hydrogen) atoms. The summed E-state index contributed by atoms with van der Waals surface area (Å²) in [5, 5.41) is 11.2. The molecule has 4 heterocycles. The minimum atomic E-state index is -0.392. The summed E-state index contributed by atoms with van der Waals surface area (Å²) in [7, 11) is 0. The zero-order chi connectivity index (χ0) is 12.2. The molecule has 4 atom stereocenters. The molecule has 0 amide bonds. The number of aliphatic hydroxyl groups is 1. The summed E-state index contributed by atoms with van der Waals surface area (Å²) < 4.78 is 0. The van der Waals surface area contributed by atoms with E-state index in [1.807, 2.05) is 0 Å². The third-order valence-electron chi connectivity index (χ3n) is 6.00. The van der Waals surface area contributed by atoms with E-state index >= 15 is 0 Å². The first kappa shape index (κ1) is 11.7. The fourth-order valence-corrected chi connectivity index (χ4v) is 5.30. The number of rotatable bonds is 0. The molecule has 0 unspecified atom stereocenters. The van der Waals surface area contributed by atoms with Crippen molar-refractivity contribution in [3.63, 3.8) is 0 Å². The van der Waals surface area contributed by atoms with Gasteiger partial charge in [-0.2, -0.15) is 0 Å². The van der Waals surface area contributed by atoms with E-state index in [-0.39, 0.29) is 0 Å². The molecule has 0 radical (unpaired) electrons. The van der Waals surface area contributed by atoms with Gasteiger partial charge in [0.25, 0.3) is 0 Å². The Balaban J connectivity index is 1.63. The van der Waals surface area contributed by atoms with Crippen molar-refractivity contribution in [3.05, 3.63) is 0 Å². The first-order valence-electron chi connectivity index (χ1n) is 7.97. The lowest BCUT2D eigenvalue weighted by Crippen LogP contribution is -2.71. The van der Waals surface area contributed by atoms with Gasteiger partial charge in [0.1, 0.15) is 0 Å². The van der Waals surface area contributed by atoms with Crippen molar-refractivity contribution < 1.29 is 5.11 Å². The lowest BCUT2D eigenvalue weighted by Gasteiger charge is -2.60. The fourth-order valence-electron chi connectivity index (χ4n) is 5.30. The van der Waals surface area contributed by atoms with Gasteiger partial charge in [-0.25, -0.2) is 0 Å². The molecule has 0 aromatic carbocycles. The standard InChI is InChI=1S/C15H26N2O/c18-15-9-12(10-16-7-4-2-6-14(15)16)13-5-1-3-8-17(13)11-15/h12-14,18H,1-11H2/t12-,13+,14-,15-/m0/s1. The molecule has 3 heteroatoms. The molecule has 0 saturated carbocycles. The van der Waals surface area contributed by atoms with Crippen LogP contribution in [0.2, 0.25) is 0 Å². The van der Waals surface area contributed by atoms with E-state index in [1.165, 1.54) is 58.2 Å². The van der Waals surface area contributed by atoms with E-state index in [9.17, 15) is 5.11 Å². The molecule has 0 aromatic heterocycles. The van der Waals surface area contributed by atoms with Crippen LogP contribution in [0.4, 0.5) is 0 Å². The molecule has 4 aliphatic rings. The average Bonchev–Trinajstić information content (AvgIpc) is 2.38. The number of hydrogen-bond acceptors (Lipinski definition) is 3. The Morgan fingerprint density at radius 1 is 0.944 bits per heavy atom. The number of nitrogens with zero attached hydrogens (tertiary/aromatic N) is 2. The predicted octanol–water partition coefficient (Wildman–Crippen LogP) is 1.46. The Kier molecular flexibility index (Phi) is 2.72. The van der Waals surface area contributed by atoms with Crippen molar-refractivity contribution in [3.8, 4) is 0 Å². The van der Waals surface area contributed by atoms with Crippen LogP contribution in [-0.4, -0.2) is 58.8 Å². The molecule has 4 fully saturated rings. The second-order valence-corrected chi connectivity index (χ2v) is 7.11. The first-order chi connectivity index (χ1) is 8.76. The summed E-state index contributed by atoms with van der Waals surface area (Å²) in [5.74, 6) is 0.735. The van der Waals surface area contributed by atoms with Crippen LogP contribution in [0.25, 0.3) is 0 Å². The van der Waals surface area contributed by atoms with Gasteiger partial charge in [-0.15, -0.1) is 0 Å². The van der Waals surface area contributed by atoms with Gasteiger partial charge in [-0.3, -0.25) is 9.80 Å². The summed E-state index contributed by atoms with van der Waals surface area (Å²) in [4.78, 5) is 5.26. The van der Waals surface area contributed by atoms with Crippen LogP contribution >= 0.6 is 0 Å². The van der Waals surface area contributed by atoms with Crippen LogP contribution in [0.1, 0.15) is 44.9 Å². The van der Waals surface area contributed by atoms with Crippen LogP contribution in [-0.2, 0) is 0 Å². The van der Waals surface area contributed by atoms with Crippen molar-refractivity contribution in [1.29, 1.82) is 0 Å². The molecule has 1 N–H and O–H groups in total. The van der Waals surface area contributed by atoms with E-state index < -0.39 is 5.60 Å². The van der Waals surface area contributed by atoms with Crippen molar-refractivity contribution in [2.24, 2.45) is 5.92 Å². The molecule has 102 valence electrons. The van der Waals surface area contributed by atoms with Gasteiger partial charge >= 0.3 is 0 Å². The maximum absolute atomic E-state index is 11.2. The summed E-state index contributed by atoms with van der Waals surface area (Å²) >= 11 is 0. The zero-order valence-electron chi connectivity index (χ0n) is 11.4. The lowest BCUT2D eigenvalue weighted by atomic mass is 9.68. The van der Waals surface area contributed by atoms with Crippen molar-refractivity contribution >= 4 is 0 Å². The second-order valence-electron chi connectivity index (χ2n) is 7.11. The quantitative estimate of drug-likeness (QED) is 0.705. The van der Waals surface area contributed by atoms with Gasteiger partial charge in [0.05, 0.1) is 5.60 Å². The Bertz CT molecular complexity index is 332. The largest absolute Gasteiger partial charge is 0.387 e. The van der Waals surface area contributed by atoms with E-state index in [2.05, 4.69) is 9.80 Å². The van der Waals surface area contributed by atoms with Crippen LogP contribution in [0.5, 0.6) is 0 Å². The van der Waals surface area contributed by atoms with Gasteiger partial charge in [-0.05, 0) is 51.1 Å². The van der Waals surface area contributed by atoms with E-state index in [0.29, 0.717) is 6.04 Å². The molecule has 0 aromatic rings. The molecular formula is C15H26N2O. The summed E-state index contributed by atoms with van der Waals surface area (Å²) in [6.45, 7) is 4.68. The molecular weight excluding hydrogens is 224 g/mol. The van der Waals surface area contributed by atoms with Gasteiger partial charge in [0, 0.05) is 25.2 Å². The average molecular weight is 250 g/mol. The Hall–Kier alpha value is -0.120. The third-order valence-corrected chi connectivity index (χ3v) is 6.00. The van der Waals surface area contributed by atoms with E-state index in [0.717, 1.165) is 24.9 Å². The number of hydrogen-bond donors (Lipinski definition) is 1. The molecule has 4 aliphatic heterocycles. The third kappa shape index (κ3) is 1.67. The number of piperidine rings is 4. The van der Waals surface area contributed by atoms with E-state index in [1.54, 1.807) is 0 Å². The maximum Gasteiger partial charge on any atom is 0.0932 e. The smallest absolute Gasteiger partial charge is 0.0932 e. The SMILES string of the molecule is O[C@]12C[C@@H](CN3CCCC[C@H]31)[C@H]1CCCCN1C2. The van der Waals surface area contributed by atoms with Crippen molar-refractivity contribution in [2.75, 3.05) is 26.2 Å². The Morgan fingerprint density at radius 2 is 1.72 bits per heavy atom. The highest BCUT2D eigenvalue weighted by molar-refractivity contribution is 5.09. The highest BCUT2D eigenvalue weighted by Gasteiger charge is 2.54. The normalized spacial score (nSPS) is 49.5. The second kappa shape index (κ2) is 4.19. The molecule has 0 aliphatic carbocycles. The molecule has 0 spiro atoms. The summed E-state index contributed by atoms with van der Waals surface area (Å²) in [6.07, 6.45) is 9.08. The fraction of sp³-hybridized carbons (Fsp3) is 1.00. The molecule has 4 rings (SSSR count). The van der Waals surface area contributed by atoms with Gasteiger partial charge in [0.15, 0.2) is 0 Å². The molecule has 4 saturated heterocycles. The highest BCUT2D eigenvalue weighted by atomic mass is 16.3. The maximum atomic E-state index is 11.2. The zero-order valence-corrected chi connectivity index (χ0v) is 11.4. The first-order valence-corrected chi connectivity index (χ1v) is 7.97. The highest BCUT2D eigenvalue weighted by Crippen LogP contribution is 2.44.